The molecular weight excluding hydrogens is 237 g/mol. The van der Waals surface area contributed by atoms with Gasteiger partial charge in [0.15, 0.2) is 0 Å². The van der Waals surface area contributed by atoms with Crippen molar-refractivity contribution in [2.45, 2.75) is 9.79 Å². The first-order valence-electron chi connectivity index (χ1n) is 1.05. The maximum absolute atomic E-state index is 1.57. The van der Waals surface area contributed by atoms with E-state index in [1.54, 1.807) is 9.79 Å². The van der Waals surface area contributed by atoms with Crippen molar-refractivity contribution in [2.24, 2.45) is 0 Å². The van der Waals surface area contributed by atoms with Gasteiger partial charge in [-0.05, 0) is 0 Å². The summed E-state index contributed by atoms with van der Waals surface area (Å²) >= 11 is 2.46. The third-order valence-electron chi connectivity index (χ3n) is 0.200. The second-order valence-electron chi connectivity index (χ2n) is 0.458. The number of hydrogen-bond donors (Lipinski definition) is 0. The van der Waals surface area contributed by atoms with Gasteiger partial charge >= 0.3 is 40.2 Å². The van der Waals surface area contributed by atoms with Gasteiger partial charge in [-0.1, -0.05) is 0 Å². The van der Waals surface area contributed by atoms with Crippen LogP contribution in [0.5, 0.6) is 0 Å². The van der Waals surface area contributed by atoms with E-state index in [1.165, 1.54) is 30.4 Å². The van der Waals surface area contributed by atoms with E-state index >= 15 is 0 Å². The normalized spacial score (nSPS) is 28.0. The van der Waals surface area contributed by atoms with Gasteiger partial charge in [-0.25, -0.2) is 0 Å². The van der Waals surface area contributed by atoms with E-state index in [9.17, 15) is 0 Å². The molecule has 1 heterocycles. The Morgan fingerprint density at radius 1 is 1.00 bits per heavy atom. The summed E-state index contributed by atoms with van der Waals surface area (Å²) in [6, 6.07) is 0. The predicted molar refractivity (Wildman–Crippen MR) is 9.61 cm³/mol. The van der Waals surface area contributed by atoms with Crippen molar-refractivity contribution in [1.29, 1.82) is 0 Å². The zero-order valence-electron chi connectivity index (χ0n) is 2.05. The van der Waals surface area contributed by atoms with Crippen molar-refractivity contribution < 1.29 is 30.4 Å². The van der Waals surface area contributed by atoms with Crippen molar-refractivity contribution in [3.05, 3.63) is 0 Å². The van der Waals surface area contributed by atoms with Gasteiger partial charge in [0.25, 0.3) is 0 Å². The van der Waals surface area contributed by atoms with Crippen LogP contribution in [0.4, 0.5) is 0 Å². The Labute approximate surface area is 40.1 Å². The Morgan fingerprint density at radius 2 is 1.25 bits per heavy atom. The third-order valence-corrected chi connectivity index (χ3v) is 7.00. The molecule has 0 nitrogen and oxygen atoms in total. The van der Waals surface area contributed by atoms with Crippen molar-refractivity contribution in [1.82, 2.24) is 0 Å². The van der Waals surface area contributed by atoms with Crippen LogP contribution in [0.3, 0.4) is 0 Å². The second kappa shape index (κ2) is 1.69. The summed E-state index contributed by atoms with van der Waals surface area (Å²) in [6.07, 6.45) is 0. The van der Waals surface area contributed by atoms with Crippen LogP contribution in [0.2, 0.25) is 9.79 Å². The van der Waals surface area contributed by atoms with Crippen LogP contribution in [0.15, 0.2) is 0 Å². The molecule has 0 aromatic heterocycles. The molecule has 1 rings (SSSR count). The van der Waals surface area contributed by atoms with E-state index in [1.807, 2.05) is 0 Å². The summed E-state index contributed by atoms with van der Waals surface area (Å²) in [5.74, 6) is 0. The Bertz CT molecular complexity index is 12.0. The van der Waals surface area contributed by atoms with Crippen LogP contribution in [0, 0.1) is 0 Å². The van der Waals surface area contributed by atoms with Crippen LogP contribution >= 0.6 is 0 Å². The average molecular weight is 241 g/mol. The van der Waals surface area contributed by atoms with Gasteiger partial charge in [0.1, 0.15) is 0 Å². The zero-order chi connectivity index (χ0) is 2.83. The van der Waals surface area contributed by atoms with E-state index in [-0.39, 0.29) is 0 Å². The van der Waals surface area contributed by atoms with Crippen LogP contribution in [-0.2, 0) is 30.4 Å². The van der Waals surface area contributed by atoms with Crippen molar-refractivity contribution in [2.75, 3.05) is 0 Å². The summed E-state index contributed by atoms with van der Waals surface area (Å²) in [5, 5.41) is 0. The van der Waals surface area contributed by atoms with Gasteiger partial charge in [-0.2, -0.15) is 0 Å². The summed E-state index contributed by atoms with van der Waals surface area (Å²) < 4.78 is 0. The zero-order valence-corrected chi connectivity index (χ0v) is 5.16. The molecule has 0 unspecified atom stereocenters. The van der Waals surface area contributed by atoms with Gasteiger partial charge in [0, 0.05) is 0 Å². The number of rotatable bonds is 0. The molecule has 1 aliphatic rings. The van der Waals surface area contributed by atoms with Gasteiger partial charge < -0.3 is 0 Å². The summed E-state index contributed by atoms with van der Waals surface area (Å²) in [7, 11) is 0. The van der Waals surface area contributed by atoms with Gasteiger partial charge in [0.2, 0.25) is 0 Å². The molecule has 32 valence electrons. The molecule has 0 aromatic carbocycles. The Morgan fingerprint density at radius 3 is 1.25 bits per heavy atom. The fraction of sp³-hybridized carbons (Fsp3) is 1.00. The van der Waals surface area contributed by atoms with E-state index < -0.39 is 0 Å². The van der Waals surface area contributed by atoms with Crippen molar-refractivity contribution >= 4 is 0 Å². The fourth-order valence-electron chi connectivity index (χ4n) is 0.0500. The Balaban J connectivity index is 2.00. The molecule has 2 heteroatoms. The Hall–Kier alpha value is 1.32. The quantitative estimate of drug-likeness (QED) is 0.553. The molecule has 1 fully saturated rings. The van der Waals surface area contributed by atoms with E-state index in [4.69, 9.17) is 0 Å². The standard InChI is InChI=1S/C2H4.2Pd/c1-2;;/h1-2H2;;. The molecule has 0 radical (unpaired) electrons. The van der Waals surface area contributed by atoms with E-state index in [0.29, 0.717) is 0 Å². The summed E-state index contributed by atoms with van der Waals surface area (Å²) in [5.41, 5.74) is 0. The first-order valence-corrected chi connectivity index (χ1v) is 6.65. The molecule has 0 saturated carbocycles. The first kappa shape index (κ1) is 3.51. The predicted octanol–water partition coefficient (Wildman–Crippen LogP) is 0.917. The molecule has 0 N–H and O–H groups in total. The first-order chi connectivity index (χ1) is 2.00. The van der Waals surface area contributed by atoms with E-state index in [0.717, 1.165) is 0 Å². The third kappa shape index (κ3) is 0.634. The molecular formula is C2H4Pd2. The molecule has 0 aliphatic carbocycles. The second-order valence-corrected chi connectivity index (χ2v) is 6.82. The van der Waals surface area contributed by atoms with Crippen molar-refractivity contribution in [3.8, 4) is 0 Å². The topological polar surface area (TPSA) is 0 Å². The SMILES string of the molecule is [CH2]1[CH2][Pd][Pd]1. The summed E-state index contributed by atoms with van der Waals surface area (Å²) in [6.45, 7) is 0. The molecule has 4 heavy (non-hydrogen) atoms. The summed E-state index contributed by atoms with van der Waals surface area (Å²) in [4.78, 5) is 3.14. The number of hydrogen-bond acceptors (Lipinski definition) is 0. The average Bonchev–Trinajstić information content (AvgIpc) is 0.722. The van der Waals surface area contributed by atoms with Crippen LogP contribution in [-0.4, -0.2) is 0 Å². The van der Waals surface area contributed by atoms with Crippen LogP contribution in [0.1, 0.15) is 0 Å². The maximum atomic E-state index is 1.57. The van der Waals surface area contributed by atoms with Gasteiger partial charge in [-0.3, -0.25) is 0 Å². The van der Waals surface area contributed by atoms with Gasteiger partial charge in [0.05, 0.1) is 0 Å². The molecule has 0 atom stereocenters. The van der Waals surface area contributed by atoms with Crippen LogP contribution < -0.4 is 0 Å². The molecule has 1 aliphatic heterocycles. The minimum absolute atomic E-state index is 1.23. The molecule has 0 aromatic rings. The Kier molecular flexibility index (Phi) is 1.48. The molecule has 0 bridgehead atoms. The molecule has 0 amide bonds. The van der Waals surface area contributed by atoms with Crippen molar-refractivity contribution in [3.63, 3.8) is 0 Å². The molecule has 0 spiro atoms. The monoisotopic (exact) mass is 240 g/mol. The molecule has 1 saturated heterocycles. The fourth-order valence-corrected chi connectivity index (χ4v) is 1.75. The van der Waals surface area contributed by atoms with E-state index in [2.05, 4.69) is 0 Å². The minimum atomic E-state index is 1.23. The van der Waals surface area contributed by atoms with Gasteiger partial charge in [-0.15, -0.1) is 0 Å². The van der Waals surface area contributed by atoms with Crippen LogP contribution in [0.25, 0.3) is 0 Å².